The van der Waals surface area contributed by atoms with Gasteiger partial charge in [-0.2, -0.15) is 13.2 Å². The van der Waals surface area contributed by atoms with Gasteiger partial charge in [-0.3, -0.25) is 0 Å². The van der Waals surface area contributed by atoms with Crippen molar-refractivity contribution in [1.82, 2.24) is 0 Å². The van der Waals surface area contributed by atoms with E-state index in [0.717, 1.165) is 11.1 Å². The van der Waals surface area contributed by atoms with Crippen LogP contribution in [0.1, 0.15) is 29.2 Å². The van der Waals surface area contributed by atoms with E-state index in [9.17, 15) is 18.3 Å². The van der Waals surface area contributed by atoms with E-state index in [0.29, 0.717) is 10.6 Å². The van der Waals surface area contributed by atoms with Crippen LogP contribution < -0.4 is 0 Å². The number of aryl methyl sites for hydroxylation is 2. The quantitative estimate of drug-likeness (QED) is 0.834. The topological polar surface area (TPSA) is 29.5 Å². The van der Waals surface area contributed by atoms with Crippen molar-refractivity contribution in [1.29, 1.82) is 0 Å². The second-order valence-electron chi connectivity index (χ2n) is 4.43. The van der Waals surface area contributed by atoms with Crippen LogP contribution in [0.4, 0.5) is 13.2 Å². The molecule has 0 heterocycles. The molecule has 0 bridgehead atoms. The molecule has 0 amide bonds. The van der Waals surface area contributed by atoms with Gasteiger partial charge < -0.3 is 9.84 Å². The summed E-state index contributed by atoms with van der Waals surface area (Å²) in [5, 5.41) is 10.3. The Morgan fingerprint density at radius 3 is 2.42 bits per heavy atom. The number of ether oxygens (including phenoxy) is 1. The maximum absolute atomic E-state index is 11.9. The predicted molar refractivity (Wildman–Crippen MR) is 67.4 cm³/mol. The van der Waals surface area contributed by atoms with Crippen LogP contribution in [0, 0.1) is 13.8 Å². The number of halogens is 4. The SMILES string of the molecule is Cc1cc(Cl)c(C(O)CCOCC(F)(F)F)cc1C. The number of rotatable bonds is 5. The fourth-order valence-electron chi connectivity index (χ4n) is 1.60. The molecule has 0 aliphatic rings. The monoisotopic (exact) mass is 296 g/mol. The Hall–Kier alpha value is -0.780. The average Bonchev–Trinajstić information content (AvgIpc) is 2.28. The number of hydrogen-bond acceptors (Lipinski definition) is 2. The van der Waals surface area contributed by atoms with Crippen molar-refractivity contribution in [2.75, 3.05) is 13.2 Å². The minimum Gasteiger partial charge on any atom is -0.388 e. The standard InChI is InChI=1S/C13H16ClF3O2/c1-8-5-10(11(14)6-9(8)2)12(18)3-4-19-7-13(15,16)17/h5-6,12,18H,3-4,7H2,1-2H3. The fourth-order valence-corrected chi connectivity index (χ4v) is 1.94. The van der Waals surface area contributed by atoms with Crippen LogP contribution in [0.3, 0.4) is 0 Å². The molecule has 0 aromatic heterocycles. The number of alkyl halides is 3. The Labute approximate surface area is 115 Å². The van der Waals surface area contributed by atoms with Gasteiger partial charge in [0.05, 0.1) is 6.10 Å². The van der Waals surface area contributed by atoms with Crippen LogP contribution in [0.2, 0.25) is 5.02 Å². The van der Waals surface area contributed by atoms with Gasteiger partial charge in [0.2, 0.25) is 0 Å². The first-order valence-electron chi connectivity index (χ1n) is 5.80. The van der Waals surface area contributed by atoms with E-state index >= 15 is 0 Å². The molecular weight excluding hydrogens is 281 g/mol. The largest absolute Gasteiger partial charge is 0.411 e. The van der Waals surface area contributed by atoms with Gasteiger partial charge in [0.15, 0.2) is 0 Å². The molecule has 0 radical (unpaired) electrons. The summed E-state index contributed by atoms with van der Waals surface area (Å²) in [5.74, 6) is 0. The van der Waals surface area contributed by atoms with E-state index in [2.05, 4.69) is 4.74 Å². The van der Waals surface area contributed by atoms with Gasteiger partial charge in [0.25, 0.3) is 0 Å². The van der Waals surface area contributed by atoms with Gasteiger partial charge in [-0.15, -0.1) is 0 Å². The summed E-state index contributed by atoms with van der Waals surface area (Å²) in [6, 6.07) is 3.47. The summed E-state index contributed by atoms with van der Waals surface area (Å²) in [6.07, 6.45) is -5.21. The second kappa shape index (κ2) is 6.59. The van der Waals surface area contributed by atoms with Gasteiger partial charge in [0.1, 0.15) is 6.61 Å². The Morgan fingerprint density at radius 2 is 1.84 bits per heavy atom. The van der Waals surface area contributed by atoms with Crippen LogP contribution in [0.5, 0.6) is 0 Å². The highest BCUT2D eigenvalue weighted by Crippen LogP contribution is 2.28. The lowest BCUT2D eigenvalue weighted by molar-refractivity contribution is -0.175. The van der Waals surface area contributed by atoms with Crippen LogP contribution in [0.25, 0.3) is 0 Å². The first-order valence-corrected chi connectivity index (χ1v) is 6.17. The molecule has 1 unspecified atom stereocenters. The zero-order valence-corrected chi connectivity index (χ0v) is 11.5. The number of benzene rings is 1. The third kappa shape index (κ3) is 5.38. The lowest BCUT2D eigenvalue weighted by atomic mass is 10.0. The maximum atomic E-state index is 11.9. The van der Waals surface area contributed by atoms with E-state index in [1.165, 1.54) is 0 Å². The smallest absolute Gasteiger partial charge is 0.388 e. The Balaban J connectivity index is 2.54. The number of aliphatic hydroxyl groups is 1. The van der Waals surface area contributed by atoms with Crippen LogP contribution in [0.15, 0.2) is 12.1 Å². The highest BCUT2D eigenvalue weighted by molar-refractivity contribution is 6.31. The highest BCUT2D eigenvalue weighted by atomic mass is 35.5. The summed E-state index contributed by atoms with van der Waals surface area (Å²) >= 11 is 6.00. The predicted octanol–water partition coefficient (Wildman–Crippen LogP) is 3.96. The fraction of sp³-hybridized carbons (Fsp3) is 0.538. The molecule has 0 fully saturated rings. The van der Waals surface area contributed by atoms with Crippen molar-refractivity contribution in [2.45, 2.75) is 32.5 Å². The molecule has 2 nitrogen and oxygen atoms in total. The molecule has 1 rings (SSSR count). The first-order chi connectivity index (χ1) is 8.70. The second-order valence-corrected chi connectivity index (χ2v) is 4.84. The third-order valence-corrected chi connectivity index (χ3v) is 3.10. The van der Waals surface area contributed by atoms with Crippen molar-refractivity contribution >= 4 is 11.6 Å². The first kappa shape index (κ1) is 16.3. The lowest BCUT2D eigenvalue weighted by Gasteiger charge is -2.15. The highest BCUT2D eigenvalue weighted by Gasteiger charge is 2.27. The maximum Gasteiger partial charge on any atom is 0.411 e. The minimum atomic E-state index is -4.34. The molecule has 0 spiro atoms. The van der Waals surface area contributed by atoms with Gasteiger partial charge >= 0.3 is 6.18 Å². The van der Waals surface area contributed by atoms with E-state index in [-0.39, 0.29) is 13.0 Å². The Kier molecular flexibility index (Phi) is 5.64. The minimum absolute atomic E-state index is 0.0678. The Morgan fingerprint density at radius 1 is 1.26 bits per heavy atom. The lowest BCUT2D eigenvalue weighted by Crippen LogP contribution is -2.18. The number of aliphatic hydroxyl groups excluding tert-OH is 1. The zero-order valence-electron chi connectivity index (χ0n) is 10.7. The Bertz CT molecular complexity index is 433. The van der Waals surface area contributed by atoms with Gasteiger partial charge in [-0.1, -0.05) is 17.7 Å². The molecule has 0 saturated carbocycles. The van der Waals surface area contributed by atoms with Crippen LogP contribution in [-0.2, 0) is 4.74 Å². The molecule has 108 valence electrons. The summed E-state index contributed by atoms with van der Waals surface area (Å²) in [6.45, 7) is 2.29. The van der Waals surface area contributed by atoms with E-state index < -0.39 is 18.9 Å². The van der Waals surface area contributed by atoms with Crippen molar-refractivity contribution < 1.29 is 23.0 Å². The van der Waals surface area contributed by atoms with Crippen molar-refractivity contribution in [3.8, 4) is 0 Å². The summed E-state index contributed by atoms with van der Waals surface area (Å²) in [5.41, 5.74) is 2.48. The molecule has 1 atom stereocenters. The van der Waals surface area contributed by atoms with E-state index in [4.69, 9.17) is 11.6 Å². The average molecular weight is 297 g/mol. The van der Waals surface area contributed by atoms with Crippen LogP contribution >= 0.6 is 11.6 Å². The number of hydrogen-bond donors (Lipinski definition) is 1. The molecule has 0 aliphatic carbocycles. The summed E-state index contributed by atoms with van der Waals surface area (Å²) in [4.78, 5) is 0. The molecule has 1 aromatic rings. The van der Waals surface area contributed by atoms with Gasteiger partial charge in [-0.25, -0.2) is 0 Å². The van der Waals surface area contributed by atoms with Crippen molar-refractivity contribution in [3.05, 3.63) is 33.8 Å². The molecule has 1 N–H and O–H groups in total. The third-order valence-electron chi connectivity index (χ3n) is 2.77. The van der Waals surface area contributed by atoms with Crippen molar-refractivity contribution in [2.24, 2.45) is 0 Å². The molecule has 0 saturated heterocycles. The van der Waals surface area contributed by atoms with Gasteiger partial charge in [-0.05, 0) is 36.6 Å². The van der Waals surface area contributed by atoms with Crippen LogP contribution in [-0.4, -0.2) is 24.5 Å². The van der Waals surface area contributed by atoms with Gasteiger partial charge in [0, 0.05) is 18.1 Å². The molecule has 19 heavy (non-hydrogen) atoms. The van der Waals surface area contributed by atoms with E-state index in [1.54, 1.807) is 12.1 Å². The molecule has 6 heteroatoms. The normalized spacial score (nSPS) is 13.6. The summed E-state index contributed by atoms with van der Waals surface area (Å²) < 4.78 is 40.0. The molecule has 1 aromatic carbocycles. The zero-order chi connectivity index (χ0) is 14.6. The molecular formula is C13H16ClF3O2. The van der Waals surface area contributed by atoms with E-state index in [1.807, 2.05) is 13.8 Å². The summed E-state index contributed by atoms with van der Waals surface area (Å²) in [7, 11) is 0. The molecule has 0 aliphatic heterocycles. The van der Waals surface area contributed by atoms with Crippen molar-refractivity contribution in [3.63, 3.8) is 0 Å².